The van der Waals surface area contributed by atoms with E-state index in [-0.39, 0.29) is 6.04 Å². The molecule has 0 spiro atoms. The van der Waals surface area contributed by atoms with Gasteiger partial charge in [-0.2, -0.15) is 0 Å². The van der Waals surface area contributed by atoms with Gasteiger partial charge in [-0.15, -0.1) is 0 Å². The minimum absolute atomic E-state index is 0.255. The molecule has 0 saturated heterocycles. The van der Waals surface area contributed by atoms with Gasteiger partial charge in [0.1, 0.15) is 5.76 Å². The lowest BCUT2D eigenvalue weighted by Gasteiger charge is -2.17. The first-order valence-electron chi connectivity index (χ1n) is 6.20. The van der Waals surface area contributed by atoms with E-state index in [9.17, 15) is 0 Å². The molecule has 1 aromatic rings. The Balaban J connectivity index is 2.61. The maximum atomic E-state index is 5.62. The zero-order valence-electron chi connectivity index (χ0n) is 10.6. The van der Waals surface area contributed by atoms with Gasteiger partial charge in [0.2, 0.25) is 0 Å². The molecule has 0 bridgehead atoms. The van der Waals surface area contributed by atoms with Crippen molar-refractivity contribution in [3.05, 3.63) is 23.7 Å². The number of rotatable bonds is 8. The summed E-state index contributed by atoms with van der Waals surface area (Å²) in [4.78, 5) is 0. The van der Waals surface area contributed by atoms with Crippen molar-refractivity contribution in [2.45, 2.75) is 39.7 Å². The van der Waals surface area contributed by atoms with Crippen LogP contribution in [0.25, 0.3) is 0 Å². The average molecular weight is 225 g/mol. The lowest BCUT2D eigenvalue weighted by molar-refractivity contribution is 0.112. The predicted octanol–water partition coefficient (Wildman–Crippen LogP) is 2.92. The van der Waals surface area contributed by atoms with Crippen LogP contribution in [0.3, 0.4) is 0 Å². The Morgan fingerprint density at radius 2 is 2.19 bits per heavy atom. The van der Waals surface area contributed by atoms with Crippen molar-refractivity contribution in [3.8, 4) is 0 Å². The van der Waals surface area contributed by atoms with Crippen LogP contribution in [0.5, 0.6) is 0 Å². The van der Waals surface area contributed by atoms with Gasteiger partial charge in [0, 0.05) is 18.6 Å². The molecule has 92 valence electrons. The third-order valence-electron chi connectivity index (χ3n) is 2.56. The van der Waals surface area contributed by atoms with E-state index in [1.165, 1.54) is 5.56 Å². The molecule has 0 aliphatic rings. The van der Waals surface area contributed by atoms with Crippen molar-refractivity contribution in [1.82, 2.24) is 5.32 Å². The van der Waals surface area contributed by atoms with E-state index in [1.54, 1.807) is 6.26 Å². The highest BCUT2D eigenvalue weighted by Gasteiger charge is 2.15. The largest absolute Gasteiger partial charge is 0.469 e. The quantitative estimate of drug-likeness (QED) is 0.691. The molecule has 1 N–H and O–H groups in total. The van der Waals surface area contributed by atoms with Crippen molar-refractivity contribution in [1.29, 1.82) is 0 Å². The molecule has 0 aromatic carbocycles. The van der Waals surface area contributed by atoms with Crippen LogP contribution in [-0.2, 0) is 11.2 Å². The predicted molar refractivity (Wildman–Crippen MR) is 65.6 cm³/mol. The van der Waals surface area contributed by atoms with Crippen molar-refractivity contribution >= 4 is 0 Å². The molecule has 1 atom stereocenters. The molecular weight excluding hydrogens is 202 g/mol. The van der Waals surface area contributed by atoms with Gasteiger partial charge in [-0.3, -0.25) is 0 Å². The first-order chi connectivity index (χ1) is 7.83. The SMILES string of the molecule is CCCOCC(NCC)c1ccoc1CC. The summed E-state index contributed by atoms with van der Waals surface area (Å²) in [7, 11) is 0. The second-order valence-corrected chi connectivity index (χ2v) is 3.84. The molecule has 1 heterocycles. The summed E-state index contributed by atoms with van der Waals surface area (Å²) in [5.41, 5.74) is 1.24. The molecule has 0 saturated carbocycles. The number of aryl methyl sites for hydroxylation is 1. The molecule has 0 radical (unpaired) electrons. The summed E-state index contributed by atoms with van der Waals surface area (Å²) >= 11 is 0. The summed E-state index contributed by atoms with van der Waals surface area (Å²) in [5.74, 6) is 1.06. The zero-order valence-corrected chi connectivity index (χ0v) is 10.6. The molecule has 0 aliphatic heterocycles. The van der Waals surface area contributed by atoms with Gasteiger partial charge in [-0.1, -0.05) is 20.8 Å². The van der Waals surface area contributed by atoms with Crippen LogP contribution in [0.2, 0.25) is 0 Å². The van der Waals surface area contributed by atoms with Crippen molar-refractivity contribution in [2.75, 3.05) is 19.8 Å². The number of nitrogens with one attached hydrogen (secondary N) is 1. The van der Waals surface area contributed by atoms with Gasteiger partial charge >= 0.3 is 0 Å². The lowest BCUT2D eigenvalue weighted by Crippen LogP contribution is -2.26. The fraction of sp³-hybridized carbons (Fsp3) is 0.692. The number of ether oxygens (including phenoxy) is 1. The molecule has 16 heavy (non-hydrogen) atoms. The molecule has 1 rings (SSSR count). The Labute approximate surface area is 98.2 Å². The summed E-state index contributed by atoms with van der Waals surface area (Å²) in [6, 6.07) is 2.30. The zero-order chi connectivity index (χ0) is 11.8. The highest BCUT2D eigenvalue weighted by Crippen LogP contribution is 2.20. The summed E-state index contributed by atoms with van der Waals surface area (Å²) in [6.45, 7) is 8.82. The molecule has 1 aromatic heterocycles. The summed E-state index contributed by atoms with van der Waals surface area (Å²) < 4.78 is 11.1. The maximum absolute atomic E-state index is 5.62. The van der Waals surface area contributed by atoms with Gasteiger partial charge in [0.05, 0.1) is 18.9 Å². The molecule has 0 fully saturated rings. The van der Waals surface area contributed by atoms with E-state index in [0.29, 0.717) is 6.61 Å². The Bertz CT molecular complexity index is 283. The Morgan fingerprint density at radius 3 is 2.81 bits per heavy atom. The molecule has 0 aliphatic carbocycles. The Hall–Kier alpha value is -0.800. The Kier molecular flexibility index (Phi) is 6.19. The fourth-order valence-corrected chi connectivity index (χ4v) is 1.80. The molecular formula is C13H23NO2. The fourth-order valence-electron chi connectivity index (χ4n) is 1.80. The van der Waals surface area contributed by atoms with Crippen molar-refractivity contribution < 1.29 is 9.15 Å². The van der Waals surface area contributed by atoms with Crippen molar-refractivity contribution in [2.24, 2.45) is 0 Å². The lowest BCUT2D eigenvalue weighted by atomic mass is 10.1. The second kappa shape index (κ2) is 7.47. The van der Waals surface area contributed by atoms with Crippen LogP contribution in [0, 0.1) is 0 Å². The van der Waals surface area contributed by atoms with Crippen LogP contribution >= 0.6 is 0 Å². The summed E-state index contributed by atoms with van der Waals surface area (Å²) in [5, 5.41) is 3.43. The molecule has 0 amide bonds. The first kappa shape index (κ1) is 13.3. The second-order valence-electron chi connectivity index (χ2n) is 3.84. The number of hydrogen-bond acceptors (Lipinski definition) is 3. The standard InChI is InChI=1S/C13H23NO2/c1-4-8-15-10-12(14-6-3)11-7-9-16-13(11)5-2/h7,9,12,14H,4-6,8,10H2,1-3H3. The van der Waals surface area contributed by atoms with Crippen LogP contribution in [0.1, 0.15) is 44.6 Å². The first-order valence-corrected chi connectivity index (χ1v) is 6.20. The highest BCUT2D eigenvalue weighted by atomic mass is 16.5. The average Bonchev–Trinajstić information content (AvgIpc) is 2.76. The van der Waals surface area contributed by atoms with Gasteiger partial charge in [0.15, 0.2) is 0 Å². The smallest absolute Gasteiger partial charge is 0.108 e. The van der Waals surface area contributed by atoms with Gasteiger partial charge in [-0.05, 0) is 19.0 Å². The van der Waals surface area contributed by atoms with E-state index >= 15 is 0 Å². The molecule has 1 unspecified atom stereocenters. The van der Waals surface area contributed by atoms with Crippen LogP contribution in [0.4, 0.5) is 0 Å². The minimum atomic E-state index is 0.255. The number of likely N-dealkylation sites (N-methyl/N-ethyl adjacent to an activating group) is 1. The van der Waals surface area contributed by atoms with E-state index in [2.05, 4.69) is 26.1 Å². The monoisotopic (exact) mass is 225 g/mol. The summed E-state index contributed by atoms with van der Waals surface area (Å²) in [6.07, 6.45) is 3.75. The normalized spacial score (nSPS) is 12.9. The van der Waals surface area contributed by atoms with Gasteiger partial charge < -0.3 is 14.5 Å². The molecule has 3 nitrogen and oxygen atoms in total. The van der Waals surface area contributed by atoms with Gasteiger partial charge in [0.25, 0.3) is 0 Å². The highest BCUT2D eigenvalue weighted by molar-refractivity contribution is 5.21. The van der Waals surface area contributed by atoms with E-state index in [4.69, 9.17) is 9.15 Å². The number of furan rings is 1. The van der Waals surface area contributed by atoms with Crippen LogP contribution < -0.4 is 5.32 Å². The van der Waals surface area contributed by atoms with Crippen LogP contribution in [-0.4, -0.2) is 19.8 Å². The van der Waals surface area contributed by atoms with Gasteiger partial charge in [-0.25, -0.2) is 0 Å². The van der Waals surface area contributed by atoms with E-state index in [0.717, 1.165) is 31.8 Å². The van der Waals surface area contributed by atoms with E-state index < -0.39 is 0 Å². The van der Waals surface area contributed by atoms with E-state index in [1.807, 2.05) is 6.07 Å². The van der Waals surface area contributed by atoms with Crippen molar-refractivity contribution in [3.63, 3.8) is 0 Å². The number of hydrogen-bond donors (Lipinski definition) is 1. The maximum Gasteiger partial charge on any atom is 0.108 e. The molecule has 3 heteroatoms. The third kappa shape index (κ3) is 3.65. The Morgan fingerprint density at radius 1 is 1.38 bits per heavy atom. The third-order valence-corrected chi connectivity index (χ3v) is 2.56. The minimum Gasteiger partial charge on any atom is -0.469 e. The topological polar surface area (TPSA) is 34.4 Å². The van der Waals surface area contributed by atoms with Crippen LogP contribution in [0.15, 0.2) is 16.7 Å².